The highest BCUT2D eigenvalue weighted by Crippen LogP contribution is 2.49. The third kappa shape index (κ3) is 2.76. The molecule has 1 amide bonds. The molecule has 0 radical (unpaired) electrons. The van der Waals surface area contributed by atoms with Gasteiger partial charge in [0.25, 0.3) is 5.91 Å². The van der Waals surface area contributed by atoms with Gasteiger partial charge < -0.3 is 29.4 Å². The van der Waals surface area contributed by atoms with Crippen LogP contribution in [-0.2, 0) is 11.3 Å². The number of benzene rings is 3. The molecule has 152 valence electrons. The van der Waals surface area contributed by atoms with Gasteiger partial charge in [0.1, 0.15) is 11.5 Å². The second-order valence-corrected chi connectivity index (χ2v) is 6.90. The van der Waals surface area contributed by atoms with Crippen LogP contribution in [-0.4, -0.2) is 37.5 Å². The molecule has 0 fully saturated rings. The van der Waals surface area contributed by atoms with Crippen LogP contribution in [0.15, 0.2) is 36.4 Å². The highest BCUT2D eigenvalue weighted by Gasteiger charge is 2.29. The minimum absolute atomic E-state index is 0.126. The van der Waals surface area contributed by atoms with E-state index in [-0.39, 0.29) is 12.7 Å². The molecule has 0 aromatic heterocycles. The molecule has 2 heterocycles. The number of carboxylic acid groups (broad SMARTS) is 1. The lowest BCUT2D eigenvalue weighted by Gasteiger charge is -2.17. The zero-order chi connectivity index (χ0) is 20.8. The highest BCUT2D eigenvalue weighted by molar-refractivity contribution is 6.12. The minimum Gasteiger partial charge on any atom is -0.496 e. The van der Waals surface area contributed by atoms with Crippen LogP contribution in [0.2, 0.25) is 0 Å². The van der Waals surface area contributed by atoms with Crippen molar-refractivity contribution in [2.45, 2.75) is 6.54 Å². The summed E-state index contributed by atoms with van der Waals surface area (Å²) in [6, 6.07) is 10.7. The number of rotatable bonds is 5. The number of nitrogens with one attached hydrogen (secondary N) is 1. The summed E-state index contributed by atoms with van der Waals surface area (Å²) >= 11 is 0. The number of carbonyl (C=O) groups excluding carboxylic acids is 1. The van der Waals surface area contributed by atoms with Crippen LogP contribution >= 0.6 is 0 Å². The first-order chi connectivity index (χ1) is 14.6. The van der Waals surface area contributed by atoms with E-state index in [1.807, 2.05) is 18.2 Å². The Balaban J connectivity index is 1.77. The Bertz CT molecular complexity index is 1220. The van der Waals surface area contributed by atoms with Crippen molar-refractivity contribution in [2.75, 3.05) is 20.5 Å². The van der Waals surface area contributed by atoms with Crippen molar-refractivity contribution in [1.82, 2.24) is 5.32 Å². The van der Waals surface area contributed by atoms with E-state index in [1.54, 1.807) is 18.2 Å². The molecule has 30 heavy (non-hydrogen) atoms. The van der Waals surface area contributed by atoms with Gasteiger partial charge >= 0.3 is 5.97 Å². The van der Waals surface area contributed by atoms with Crippen LogP contribution in [0.5, 0.6) is 23.0 Å². The maximum atomic E-state index is 12.4. The number of amides is 1. The van der Waals surface area contributed by atoms with Gasteiger partial charge in [0.15, 0.2) is 18.1 Å². The fourth-order valence-corrected chi connectivity index (χ4v) is 3.95. The van der Waals surface area contributed by atoms with Crippen LogP contribution in [0.4, 0.5) is 0 Å². The number of ether oxygens (including phenoxy) is 4. The van der Waals surface area contributed by atoms with Crippen LogP contribution < -0.4 is 24.3 Å². The number of methoxy groups -OCH3 is 1. The van der Waals surface area contributed by atoms with E-state index in [2.05, 4.69) is 5.32 Å². The number of carboxylic acids is 1. The van der Waals surface area contributed by atoms with Crippen molar-refractivity contribution in [3.05, 3.63) is 47.5 Å². The summed E-state index contributed by atoms with van der Waals surface area (Å²) in [4.78, 5) is 23.2. The van der Waals surface area contributed by atoms with Crippen molar-refractivity contribution < 1.29 is 33.6 Å². The van der Waals surface area contributed by atoms with Gasteiger partial charge in [0, 0.05) is 34.7 Å². The summed E-state index contributed by atoms with van der Waals surface area (Å²) in [6.07, 6.45) is 0. The van der Waals surface area contributed by atoms with Crippen LogP contribution in [0.1, 0.15) is 15.9 Å². The lowest BCUT2D eigenvalue weighted by atomic mass is 9.89. The Morgan fingerprint density at radius 1 is 1.17 bits per heavy atom. The summed E-state index contributed by atoms with van der Waals surface area (Å²) in [7, 11) is 1.53. The molecule has 0 atom stereocenters. The van der Waals surface area contributed by atoms with Crippen LogP contribution in [0.25, 0.3) is 21.9 Å². The summed E-state index contributed by atoms with van der Waals surface area (Å²) in [6.45, 7) is 0.0505. The minimum atomic E-state index is -1.07. The molecule has 8 heteroatoms. The molecule has 8 nitrogen and oxygen atoms in total. The molecule has 0 bridgehead atoms. The van der Waals surface area contributed by atoms with Gasteiger partial charge in [-0.2, -0.15) is 0 Å². The Labute approximate surface area is 170 Å². The average Bonchev–Trinajstić information content (AvgIpc) is 3.37. The predicted octanol–water partition coefficient (Wildman–Crippen LogP) is 2.95. The van der Waals surface area contributed by atoms with Gasteiger partial charge in [0.05, 0.1) is 7.11 Å². The molecule has 0 saturated carbocycles. The Kier molecular flexibility index (Phi) is 4.13. The van der Waals surface area contributed by atoms with Crippen molar-refractivity contribution in [3.8, 4) is 34.1 Å². The van der Waals surface area contributed by atoms with E-state index in [9.17, 15) is 9.59 Å². The lowest BCUT2D eigenvalue weighted by Crippen LogP contribution is -2.12. The fraction of sp³-hybridized carbons (Fsp3) is 0.182. The van der Waals surface area contributed by atoms with E-state index in [0.29, 0.717) is 35.1 Å². The highest BCUT2D eigenvalue weighted by atomic mass is 16.7. The van der Waals surface area contributed by atoms with Gasteiger partial charge in [-0.15, -0.1) is 0 Å². The number of fused-ring (bicyclic) bond motifs is 4. The summed E-state index contributed by atoms with van der Waals surface area (Å²) in [5.41, 5.74) is 2.99. The molecule has 0 saturated heterocycles. The molecule has 3 aromatic rings. The van der Waals surface area contributed by atoms with Gasteiger partial charge in [-0.05, 0) is 35.2 Å². The van der Waals surface area contributed by atoms with Crippen LogP contribution in [0.3, 0.4) is 0 Å². The quantitative estimate of drug-likeness (QED) is 0.670. The smallest absolute Gasteiger partial charge is 0.341 e. The van der Waals surface area contributed by atoms with Crippen molar-refractivity contribution >= 4 is 22.6 Å². The first-order valence-electron chi connectivity index (χ1n) is 9.26. The van der Waals surface area contributed by atoms with E-state index < -0.39 is 12.6 Å². The molecule has 0 unspecified atom stereocenters. The van der Waals surface area contributed by atoms with Gasteiger partial charge in [-0.3, -0.25) is 4.79 Å². The number of hydrogen-bond donors (Lipinski definition) is 2. The molecular weight excluding hydrogens is 390 g/mol. The van der Waals surface area contributed by atoms with Gasteiger partial charge in [-0.1, -0.05) is 6.07 Å². The van der Waals surface area contributed by atoms with Gasteiger partial charge in [-0.25, -0.2) is 4.79 Å². The molecule has 0 aliphatic carbocycles. The van der Waals surface area contributed by atoms with Crippen molar-refractivity contribution in [2.24, 2.45) is 0 Å². The standard InChI is InChI=1S/C22H17NO7/c1-27-17-7-12(28-9-18(24)25)3-4-13(17)20-15-8-23-22(26)14(15)6-11-2-5-16-21(19(11)20)30-10-29-16/h2-7H,8-10H2,1H3,(H,23,26)(H,24,25). The topological polar surface area (TPSA) is 103 Å². The molecule has 2 aliphatic rings. The first-order valence-corrected chi connectivity index (χ1v) is 9.26. The van der Waals surface area contributed by atoms with Crippen molar-refractivity contribution in [1.29, 1.82) is 0 Å². The zero-order valence-corrected chi connectivity index (χ0v) is 16.0. The Morgan fingerprint density at radius 2 is 2.03 bits per heavy atom. The average molecular weight is 407 g/mol. The monoisotopic (exact) mass is 407 g/mol. The van der Waals surface area contributed by atoms with Crippen LogP contribution in [0, 0.1) is 0 Å². The second-order valence-electron chi connectivity index (χ2n) is 6.90. The van der Waals surface area contributed by atoms with E-state index in [1.165, 1.54) is 7.11 Å². The number of carbonyl (C=O) groups is 2. The third-order valence-corrected chi connectivity index (χ3v) is 5.22. The molecular formula is C22H17NO7. The summed E-state index contributed by atoms with van der Waals surface area (Å²) < 4.78 is 22.2. The first kappa shape index (κ1) is 18.1. The number of aliphatic carboxylic acids is 1. The Morgan fingerprint density at radius 3 is 2.83 bits per heavy atom. The maximum absolute atomic E-state index is 12.4. The lowest BCUT2D eigenvalue weighted by molar-refractivity contribution is -0.139. The van der Waals surface area contributed by atoms with Crippen molar-refractivity contribution in [3.63, 3.8) is 0 Å². The Hall–Kier alpha value is -3.94. The maximum Gasteiger partial charge on any atom is 0.341 e. The molecule has 5 rings (SSSR count). The third-order valence-electron chi connectivity index (χ3n) is 5.22. The second kappa shape index (κ2) is 6.84. The zero-order valence-electron chi connectivity index (χ0n) is 16.0. The normalized spacial score (nSPS) is 13.8. The SMILES string of the molecule is COc1cc(OCC(=O)O)ccc1-c1c2c(cc3ccc4c(c13)OCO4)C(=O)NC2. The summed E-state index contributed by atoms with van der Waals surface area (Å²) in [5, 5.41) is 13.4. The predicted molar refractivity (Wildman–Crippen MR) is 106 cm³/mol. The number of hydrogen-bond acceptors (Lipinski definition) is 6. The molecule has 2 N–H and O–H groups in total. The summed E-state index contributed by atoms with van der Waals surface area (Å²) in [5.74, 6) is 0.921. The van der Waals surface area contributed by atoms with E-state index in [4.69, 9.17) is 24.1 Å². The molecule has 0 spiro atoms. The fourth-order valence-electron chi connectivity index (χ4n) is 3.95. The van der Waals surface area contributed by atoms with E-state index in [0.717, 1.165) is 27.5 Å². The van der Waals surface area contributed by atoms with E-state index >= 15 is 0 Å². The molecule has 3 aromatic carbocycles. The van der Waals surface area contributed by atoms with Gasteiger partial charge in [0.2, 0.25) is 6.79 Å². The molecule has 2 aliphatic heterocycles. The largest absolute Gasteiger partial charge is 0.496 e.